The molecule has 0 bridgehead atoms. The molecule has 8 heteroatoms. The van der Waals surface area contributed by atoms with Crippen molar-refractivity contribution in [1.82, 2.24) is 9.55 Å². The van der Waals surface area contributed by atoms with Gasteiger partial charge in [0.1, 0.15) is 21.3 Å². The van der Waals surface area contributed by atoms with E-state index in [0.29, 0.717) is 33.2 Å². The smallest absolute Gasteiger partial charge is 0.346 e. The summed E-state index contributed by atoms with van der Waals surface area (Å²) in [4.78, 5) is 30.0. The van der Waals surface area contributed by atoms with Crippen molar-refractivity contribution in [2.75, 3.05) is 0 Å². The predicted octanol–water partition coefficient (Wildman–Crippen LogP) is 4.90. The molecule has 2 heterocycles. The lowest BCUT2D eigenvalue weighted by atomic mass is 10.1. The largest absolute Gasteiger partial charge is 0.477 e. The number of thiophene rings is 1. The lowest BCUT2D eigenvalue weighted by Gasteiger charge is -2.13. The van der Waals surface area contributed by atoms with E-state index < -0.39 is 11.8 Å². The van der Waals surface area contributed by atoms with E-state index in [1.165, 1.54) is 16.7 Å². The molecule has 0 aliphatic rings. The van der Waals surface area contributed by atoms with Crippen LogP contribution in [-0.2, 0) is 13.0 Å². The van der Waals surface area contributed by atoms with Gasteiger partial charge in [0.25, 0.3) is 5.56 Å². The number of aromatic nitrogens is 2. The van der Waals surface area contributed by atoms with Crippen molar-refractivity contribution in [3.63, 3.8) is 0 Å². The number of rotatable bonds is 5. The summed E-state index contributed by atoms with van der Waals surface area (Å²) in [6, 6.07) is 13.2. The van der Waals surface area contributed by atoms with Crippen LogP contribution in [-0.4, -0.2) is 20.6 Å². The molecule has 5 nitrogen and oxygen atoms in total. The Balaban J connectivity index is 1.91. The minimum atomic E-state index is -1.09. The van der Waals surface area contributed by atoms with Gasteiger partial charge in [0.2, 0.25) is 0 Å². The van der Waals surface area contributed by atoms with Crippen LogP contribution in [0.1, 0.15) is 32.2 Å². The van der Waals surface area contributed by atoms with Gasteiger partial charge in [-0.3, -0.25) is 9.36 Å². The fraction of sp³-hybridized carbons (Fsp3) is 0.136. The number of nitrogens with zero attached hydrogens (tertiary/aromatic N) is 2. The minimum absolute atomic E-state index is 0.0931. The summed E-state index contributed by atoms with van der Waals surface area (Å²) in [5.74, 6) is -1.02. The van der Waals surface area contributed by atoms with Gasteiger partial charge in [0.05, 0.1) is 11.9 Å². The zero-order valence-electron chi connectivity index (χ0n) is 15.9. The molecule has 0 unspecified atom stereocenters. The molecular formula is C22H16ClFN2O3S. The average Bonchev–Trinajstić information content (AvgIpc) is 3.03. The molecule has 0 fully saturated rings. The summed E-state index contributed by atoms with van der Waals surface area (Å²) in [7, 11) is 0. The predicted molar refractivity (Wildman–Crippen MR) is 115 cm³/mol. The molecule has 4 rings (SSSR count). The number of aromatic carboxylic acids is 1. The molecule has 0 atom stereocenters. The highest BCUT2D eigenvalue weighted by Gasteiger charge is 2.21. The fourth-order valence-corrected chi connectivity index (χ4v) is 4.52. The Bertz CT molecular complexity index is 1330. The van der Waals surface area contributed by atoms with Gasteiger partial charge in [-0.15, -0.1) is 11.3 Å². The Morgan fingerprint density at radius 2 is 1.93 bits per heavy atom. The average molecular weight is 443 g/mol. The van der Waals surface area contributed by atoms with Crippen molar-refractivity contribution >= 4 is 39.1 Å². The summed E-state index contributed by atoms with van der Waals surface area (Å²) >= 11 is 6.95. The van der Waals surface area contributed by atoms with Gasteiger partial charge in [-0.05, 0) is 47.9 Å². The Hall–Kier alpha value is -3.03. The van der Waals surface area contributed by atoms with E-state index in [1.807, 2.05) is 12.1 Å². The molecule has 0 radical (unpaired) electrons. The van der Waals surface area contributed by atoms with Crippen LogP contribution in [0.15, 0.2) is 53.3 Å². The number of hydrogen-bond acceptors (Lipinski definition) is 4. The van der Waals surface area contributed by atoms with Crippen LogP contribution in [0.5, 0.6) is 0 Å². The van der Waals surface area contributed by atoms with Gasteiger partial charge >= 0.3 is 5.97 Å². The monoisotopic (exact) mass is 442 g/mol. The molecule has 2 aromatic carbocycles. The van der Waals surface area contributed by atoms with Crippen LogP contribution in [0.2, 0.25) is 5.02 Å². The molecule has 0 saturated heterocycles. The van der Waals surface area contributed by atoms with E-state index in [4.69, 9.17) is 11.6 Å². The first kappa shape index (κ1) is 20.3. The molecule has 0 aliphatic carbocycles. The number of benzene rings is 2. The van der Waals surface area contributed by atoms with E-state index in [2.05, 4.69) is 4.98 Å². The molecule has 152 valence electrons. The van der Waals surface area contributed by atoms with Crippen LogP contribution in [0.25, 0.3) is 10.2 Å². The van der Waals surface area contributed by atoms with E-state index in [0.717, 1.165) is 16.9 Å². The summed E-state index contributed by atoms with van der Waals surface area (Å²) < 4.78 is 15.2. The maximum Gasteiger partial charge on any atom is 0.346 e. The molecular weight excluding hydrogens is 427 g/mol. The van der Waals surface area contributed by atoms with Gasteiger partial charge in [-0.2, -0.15) is 0 Å². The Kier molecular flexibility index (Phi) is 5.40. The standard InChI is InChI=1S/C22H16ClFN2O3S/c1-12-18-20(30-19(12)22(28)29)25-17(10-13-5-7-15(23)8-6-13)26(21(18)27)11-14-3-2-4-16(24)9-14/h2-9H,10-11H2,1H3,(H,28,29). The second-order valence-corrected chi connectivity index (χ2v) is 8.33. The highest BCUT2D eigenvalue weighted by atomic mass is 35.5. The van der Waals surface area contributed by atoms with E-state index in [1.54, 1.807) is 31.2 Å². The lowest BCUT2D eigenvalue weighted by molar-refractivity contribution is 0.0701. The second-order valence-electron chi connectivity index (χ2n) is 6.89. The lowest BCUT2D eigenvalue weighted by Crippen LogP contribution is -2.26. The second kappa shape index (κ2) is 8.01. The molecule has 0 aliphatic heterocycles. The van der Waals surface area contributed by atoms with Crippen LogP contribution in [0, 0.1) is 12.7 Å². The highest BCUT2D eigenvalue weighted by Crippen LogP contribution is 2.28. The molecule has 0 spiro atoms. The molecule has 4 aromatic rings. The third-order valence-corrected chi connectivity index (χ3v) is 6.25. The molecule has 0 saturated carbocycles. The Morgan fingerprint density at radius 1 is 1.20 bits per heavy atom. The first-order chi connectivity index (χ1) is 14.3. The number of carbonyl (C=O) groups is 1. The molecule has 1 N–H and O–H groups in total. The van der Waals surface area contributed by atoms with Gasteiger partial charge in [0, 0.05) is 11.4 Å². The van der Waals surface area contributed by atoms with E-state index >= 15 is 0 Å². The van der Waals surface area contributed by atoms with Crippen molar-refractivity contribution in [2.45, 2.75) is 19.9 Å². The van der Waals surface area contributed by atoms with Crippen LogP contribution < -0.4 is 5.56 Å². The van der Waals surface area contributed by atoms with E-state index in [9.17, 15) is 19.1 Å². The topological polar surface area (TPSA) is 72.2 Å². The summed E-state index contributed by atoms with van der Waals surface area (Å²) in [5, 5.41) is 10.3. The van der Waals surface area contributed by atoms with Crippen LogP contribution >= 0.6 is 22.9 Å². The molecule has 30 heavy (non-hydrogen) atoms. The fourth-order valence-electron chi connectivity index (χ4n) is 3.36. The Labute approximate surface area is 180 Å². The molecule has 2 aromatic heterocycles. The van der Waals surface area contributed by atoms with Crippen molar-refractivity contribution in [3.8, 4) is 0 Å². The maximum absolute atomic E-state index is 13.7. The summed E-state index contributed by atoms with van der Waals surface area (Å²) in [6.45, 7) is 1.73. The number of hydrogen-bond donors (Lipinski definition) is 1. The van der Waals surface area contributed by atoms with Gasteiger partial charge in [-0.1, -0.05) is 35.9 Å². The third-order valence-electron chi connectivity index (χ3n) is 4.83. The van der Waals surface area contributed by atoms with E-state index in [-0.39, 0.29) is 22.4 Å². The van der Waals surface area contributed by atoms with Gasteiger partial charge < -0.3 is 5.11 Å². The maximum atomic E-state index is 13.7. The van der Waals surface area contributed by atoms with Crippen molar-refractivity contribution in [1.29, 1.82) is 0 Å². The van der Waals surface area contributed by atoms with Crippen LogP contribution in [0.3, 0.4) is 0 Å². The quantitative estimate of drug-likeness (QED) is 0.477. The number of aryl methyl sites for hydroxylation is 1. The molecule has 0 amide bonds. The van der Waals surface area contributed by atoms with Crippen molar-refractivity contribution in [3.05, 3.63) is 97.1 Å². The Morgan fingerprint density at radius 3 is 2.60 bits per heavy atom. The zero-order chi connectivity index (χ0) is 21.4. The van der Waals surface area contributed by atoms with Gasteiger partial charge in [-0.25, -0.2) is 14.2 Å². The first-order valence-electron chi connectivity index (χ1n) is 9.08. The number of carboxylic acid groups (broad SMARTS) is 1. The van der Waals surface area contributed by atoms with Crippen LogP contribution in [0.4, 0.5) is 4.39 Å². The third kappa shape index (κ3) is 3.86. The first-order valence-corrected chi connectivity index (χ1v) is 10.3. The normalized spacial score (nSPS) is 11.2. The van der Waals surface area contributed by atoms with Crippen molar-refractivity contribution < 1.29 is 14.3 Å². The number of halogens is 2. The number of carboxylic acids is 1. The zero-order valence-corrected chi connectivity index (χ0v) is 17.4. The highest BCUT2D eigenvalue weighted by molar-refractivity contribution is 7.20. The summed E-state index contributed by atoms with van der Waals surface area (Å²) in [6.07, 6.45) is 0.344. The minimum Gasteiger partial charge on any atom is -0.477 e. The number of fused-ring (bicyclic) bond motifs is 1. The summed E-state index contributed by atoms with van der Waals surface area (Å²) in [5.41, 5.74) is 1.56. The SMILES string of the molecule is Cc1c(C(=O)O)sc2nc(Cc3ccc(Cl)cc3)n(Cc3cccc(F)c3)c(=O)c12. The van der Waals surface area contributed by atoms with Crippen molar-refractivity contribution in [2.24, 2.45) is 0 Å². The van der Waals surface area contributed by atoms with Gasteiger partial charge in [0.15, 0.2) is 0 Å².